The molecule has 2 heterocycles. The molecule has 0 fully saturated rings. The van der Waals surface area contributed by atoms with E-state index >= 15 is 0 Å². The average Bonchev–Trinajstić information content (AvgIpc) is 3.09. The van der Waals surface area contributed by atoms with Gasteiger partial charge in [0, 0.05) is 18.0 Å². The van der Waals surface area contributed by atoms with Gasteiger partial charge >= 0.3 is 0 Å². The van der Waals surface area contributed by atoms with Crippen LogP contribution in [0.5, 0.6) is 5.75 Å². The highest BCUT2D eigenvalue weighted by Gasteiger charge is 2.09. The number of nitrogens with one attached hydrogen (secondary N) is 1. The van der Waals surface area contributed by atoms with Gasteiger partial charge in [-0.05, 0) is 30.2 Å². The molecule has 1 amide bonds. The van der Waals surface area contributed by atoms with Crippen molar-refractivity contribution in [1.82, 2.24) is 15.0 Å². The molecule has 7 heteroatoms. The Kier molecular flexibility index (Phi) is 5.12. The van der Waals surface area contributed by atoms with Crippen LogP contribution in [-0.4, -0.2) is 28.0 Å². The van der Waals surface area contributed by atoms with Crippen molar-refractivity contribution in [1.29, 1.82) is 0 Å². The molecule has 6 nitrogen and oxygen atoms in total. The summed E-state index contributed by atoms with van der Waals surface area (Å²) in [6.45, 7) is 0. The molecule has 0 bridgehead atoms. The molecule has 0 atom stereocenters. The zero-order valence-corrected chi connectivity index (χ0v) is 13.9. The fourth-order valence-corrected chi connectivity index (χ4v) is 2.88. The molecule has 122 valence electrons. The van der Waals surface area contributed by atoms with Crippen molar-refractivity contribution in [3.8, 4) is 17.1 Å². The van der Waals surface area contributed by atoms with Crippen molar-refractivity contribution in [2.24, 2.45) is 0 Å². The SMILES string of the molecule is COc1cccc(CCC(=O)Nc2nc(-c3ccncn3)cs2)c1. The summed E-state index contributed by atoms with van der Waals surface area (Å²) in [4.78, 5) is 24.5. The standard InChI is InChI=1S/C17H16N4O2S/c1-23-13-4-2-3-12(9-13)5-6-16(22)21-17-20-15(10-24-17)14-7-8-18-11-19-14/h2-4,7-11H,5-6H2,1H3,(H,20,21,22). The number of carbonyl (C=O) groups is 1. The highest BCUT2D eigenvalue weighted by atomic mass is 32.1. The average molecular weight is 340 g/mol. The third kappa shape index (κ3) is 4.14. The number of hydrogen-bond acceptors (Lipinski definition) is 6. The Bertz CT molecular complexity index is 820. The van der Waals surface area contributed by atoms with E-state index in [0.717, 1.165) is 22.7 Å². The second-order valence-electron chi connectivity index (χ2n) is 5.03. The van der Waals surface area contributed by atoms with Crippen LogP contribution in [-0.2, 0) is 11.2 Å². The van der Waals surface area contributed by atoms with Crippen LogP contribution in [0.25, 0.3) is 11.4 Å². The van der Waals surface area contributed by atoms with Crippen molar-refractivity contribution in [2.45, 2.75) is 12.8 Å². The number of hydrogen-bond donors (Lipinski definition) is 1. The molecule has 0 radical (unpaired) electrons. The second kappa shape index (κ2) is 7.65. The summed E-state index contributed by atoms with van der Waals surface area (Å²) in [6, 6.07) is 9.49. The summed E-state index contributed by atoms with van der Waals surface area (Å²) in [5.41, 5.74) is 2.52. The molecule has 1 aromatic carbocycles. The third-order valence-corrected chi connectivity index (χ3v) is 4.13. The maximum atomic E-state index is 12.1. The van der Waals surface area contributed by atoms with Gasteiger partial charge in [0.25, 0.3) is 0 Å². The molecule has 0 aliphatic carbocycles. The van der Waals surface area contributed by atoms with E-state index in [1.165, 1.54) is 17.7 Å². The maximum Gasteiger partial charge on any atom is 0.226 e. The van der Waals surface area contributed by atoms with Gasteiger partial charge in [-0.15, -0.1) is 11.3 Å². The van der Waals surface area contributed by atoms with Gasteiger partial charge < -0.3 is 10.1 Å². The molecule has 0 saturated heterocycles. The lowest BCUT2D eigenvalue weighted by atomic mass is 10.1. The minimum Gasteiger partial charge on any atom is -0.497 e. The number of ether oxygens (including phenoxy) is 1. The molecular formula is C17H16N4O2S. The van der Waals surface area contributed by atoms with Crippen molar-refractivity contribution in [2.75, 3.05) is 12.4 Å². The van der Waals surface area contributed by atoms with E-state index in [-0.39, 0.29) is 5.91 Å². The zero-order chi connectivity index (χ0) is 16.8. The first kappa shape index (κ1) is 16.1. The van der Waals surface area contributed by atoms with E-state index in [2.05, 4.69) is 20.3 Å². The van der Waals surface area contributed by atoms with Gasteiger partial charge in [0.05, 0.1) is 12.8 Å². The van der Waals surface area contributed by atoms with Gasteiger partial charge in [0.1, 0.15) is 17.8 Å². The van der Waals surface area contributed by atoms with Crippen LogP contribution in [0.3, 0.4) is 0 Å². The second-order valence-corrected chi connectivity index (χ2v) is 5.89. The van der Waals surface area contributed by atoms with Crippen LogP contribution in [0, 0.1) is 0 Å². The van der Waals surface area contributed by atoms with Crippen molar-refractivity contribution in [3.63, 3.8) is 0 Å². The molecule has 1 N–H and O–H groups in total. The quantitative estimate of drug-likeness (QED) is 0.746. The fourth-order valence-electron chi connectivity index (χ4n) is 2.16. The normalized spacial score (nSPS) is 10.4. The van der Waals surface area contributed by atoms with E-state index in [1.807, 2.05) is 29.6 Å². The molecule has 0 aliphatic heterocycles. The van der Waals surface area contributed by atoms with E-state index in [9.17, 15) is 4.79 Å². The molecule has 24 heavy (non-hydrogen) atoms. The van der Waals surface area contributed by atoms with Crippen molar-refractivity contribution >= 4 is 22.4 Å². The van der Waals surface area contributed by atoms with E-state index in [1.54, 1.807) is 19.4 Å². The first-order valence-corrected chi connectivity index (χ1v) is 8.27. The summed E-state index contributed by atoms with van der Waals surface area (Å²) in [6.07, 6.45) is 4.16. The third-order valence-electron chi connectivity index (χ3n) is 3.37. The molecule has 3 aromatic rings. The van der Waals surface area contributed by atoms with Crippen LogP contribution in [0.15, 0.2) is 48.2 Å². The lowest BCUT2D eigenvalue weighted by Crippen LogP contribution is -2.12. The lowest BCUT2D eigenvalue weighted by Gasteiger charge is -2.04. The molecule has 0 spiro atoms. The highest BCUT2D eigenvalue weighted by molar-refractivity contribution is 7.14. The van der Waals surface area contributed by atoms with Gasteiger partial charge in [0.15, 0.2) is 5.13 Å². The summed E-state index contributed by atoms with van der Waals surface area (Å²) in [5.74, 6) is 0.726. The first-order valence-electron chi connectivity index (χ1n) is 7.39. The number of carbonyl (C=O) groups excluding carboxylic acids is 1. The van der Waals surface area contributed by atoms with E-state index < -0.39 is 0 Å². The predicted molar refractivity (Wildman–Crippen MR) is 93.1 cm³/mol. The van der Waals surface area contributed by atoms with Gasteiger partial charge in [-0.3, -0.25) is 4.79 Å². The van der Waals surface area contributed by atoms with Crippen molar-refractivity contribution in [3.05, 3.63) is 53.8 Å². The van der Waals surface area contributed by atoms with Crippen LogP contribution in [0.4, 0.5) is 5.13 Å². The number of aryl methyl sites for hydroxylation is 1. The van der Waals surface area contributed by atoms with Crippen molar-refractivity contribution < 1.29 is 9.53 Å². The number of aromatic nitrogens is 3. The molecule has 0 saturated carbocycles. The molecule has 3 rings (SSSR count). The number of benzene rings is 1. The number of thiazole rings is 1. The van der Waals surface area contributed by atoms with Crippen LogP contribution in [0.2, 0.25) is 0 Å². The number of nitrogens with zero attached hydrogens (tertiary/aromatic N) is 3. The minimum absolute atomic E-state index is 0.0681. The van der Waals surface area contributed by atoms with Gasteiger partial charge in [-0.1, -0.05) is 12.1 Å². The summed E-state index contributed by atoms with van der Waals surface area (Å²) >= 11 is 1.38. The number of methoxy groups -OCH3 is 1. The Balaban J connectivity index is 1.56. The number of amides is 1. The summed E-state index contributed by atoms with van der Waals surface area (Å²) in [7, 11) is 1.63. The Morgan fingerprint density at radius 3 is 3.00 bits per heavy atom. The summed E-state index contributed by atoms with van der Waals surface area (Å²) < 4.78 is 5.18. The lowest BCUT2D eigenvalue weighted by molar-refractivity contribution is -0.116. The fraction of sp³-hybridized carbons (Fsp3) is 0.176. The van der Waals surface area contributed by atoms with E-state index in [4.69, 9.17) is 4.74 Å². The monoisotopic (exact) mass is 340 g/mol. The Morgan fingerprint density at radius 1 is 1.29 bits per heavy atom. The van der Waals surface area contributed by atoms with Crippen LogP contribution < -0.4 is 10.1 Å². The van der Waals surface area contributed by atoms with Gasteiger partial charge in [-0.25, -0.2) is 15.0 Å². The van der Waals surface area contributed by atoms with Crippen LogP contribution >= 0.6 is 11.3 Å². The minimum atomic E-state index is -0.0681. The Labute approximate surface area is 143 Å². The maximum absolute atomic E-state index is 12.1. The predicted octanol–water partition coefficient (Wildman–Crippen LogP) is 3.18. The highest BCUT2D eigenvalue weighted by Crippen LogP contribution is 2.23. The zero-order valence-electron chi connectivity index (χ0n) is 13.1. The topological polar surface area (TPSA) is 77.0 Å². The molecule has 0 aliphatic rings. The smallest absolute Gasteiger partial charge is 0.226 e. The molecule has 2 aromatic heterocycles. The Hall–Kier alpha value is -2.80. The molecule has 0 unspecified atom stereocenters. The first-order chi connectivity index (χ1) is 11.7. The molecular weight excluding hydrogens is 324 g/mol. The van der Waals surface area contributed by atoms with Gasteiger partial charge in [-0.2, -0.15) is 0 Å². The van der Waals surface area contributed by atoms with Crippen LogP contribution in [0.1, 0.15) is 12.0 Å². The van der Waals surface area contributed by atoms with E-state index in [0.29, 0.717) is 18.0 Å². The number of rotatable bonds is 6. The number of anilines is 1. The van der Waals surface area contributed by atoms with Gasteiger partial charge in [0.2, 0.25) is 5.91 Å². The summed E-state index contributed by atoms with van der Waals surface area (Å²) in [5, 5.41) is 5.25. The largest absolute Gasteiger partial charge is 0.497 e. The Morgan fingerprint density at radius 2 is 2.21 bits per heavy atom.